The summed E-state index contributed by atoms with van der Waals surface area (Å²) in [5.41, 5.74) is 0.750. The number of halogens is 1. The molecule has 1 aromatic heterocycles. The number of aromatic nitrogens is 2. The Morgan fingerprint density at radius 3 is 2.75 bits per heavy atom. The molecule has 0 bridgehead atoms. The van der Waals surface area contributed by atoms with E-state index >= 15 is 0 Å². The summed E-state index contributed by atoms with van der Waals surface area (Å²) in [6.07, 6.45) is 4.48. The van der Waals surface area contributed by atoms with E-state index in [1.165, 1.54) is 12.8 Å². The maximum absolute atomic E-state index is 12.6. The van der Waals surface area contributed by atoms with Crippen LogP contribution in [0.1, 0.15) is 51.4 Å². The van der Waals surface area contributed by atoms with Crippen LogP contribution >= 0.6 is 11.6 Å². The third-order valence-electron chi connectivity index (χ3n) is 3.67. The minimum Gasteiger partial charge on any atom is -0.292 e. The van der Waals surface area contributed by atoms with Crippen molar-refractivity contribution in [2.75, 3.05) is 0 Å². The second-order valence-corrected chi connectivity index (χ2v) is 5.47. The summed E-state index contributed by atoms with van der Waals surface area (Å²) in [5, 5.41) is 0.670. The third kappa shape index (κ3) is 3.04. The van der Waals surface area contributed by atoms with Crippen LogP contribution in [0.25, 0.3) is 10.9 Å². The minimum atomic E-state index is 0.0234. The van der Waals surface area contributed by atoms with Crippen LogP contribution in [0.5, 0.6) is 0 Å². The first-order chi connectivity index (χ1) is 9.69. The number of hydrogen-bond acceptors (Lipinski definition) is 2. The quantitative estimate of drug-likeness (QED) is 0.588. The molecule has 108 valence electrons. The second kappa shape index (κ2) is 6.89. The van der Waals surface area contributed by atoms with Gasteiger partial charge >= 0.3 is 0 Å². The molecule has 0 spiro atoms. The molecule has 1 atom stereocenters. The average Bonchev–Trinajstić information content (AvgIpc) is 2.47. The van der Waals surface area contributed by atoms with Crippen LogP contribution in [0.3, 0.4) is 0 Å². The minimum absolute atomic E-state index is 0.0234. The fraction of sp³-hybridized carbons (Fsp3) is 0.500. The fourth-order valence-electron chi connectivity index (χ4n) is 2.56. The van der Waals surface area contributed by atoms with E-state index < -0.39 is 0 Å². The Labute approximate surface area is 124 Å². The smallest absolute Gasteiger partial charge is 0.261 e. The Morgan fingerprint density at radius 1 is 1.30 bits per heavy atom. The Balaban J connectivity index is 2.45. The van der Waals surface area contributed by atoms with Crippen LogP contribution in [-0.2, 0) is 5.88 Å². The number of fused-ring (bicyclic) bond motifs is 1. The second-order valence-electron chi connectivity index (χ2n) is 5.20. The van der Waals surface area contributed by atoms with Crippen molar-refractivity contribution in [1.29, 1.82) is 0 Å². The van der Waals surface area contributed by atoms with Gasteiger partial charge in [0.1, 0.15) is 5.82 Å². The largest absolute Gasteiger partial charge is 0.292 e. The van der Waals surface area contributed by atoms with E-state index in [9.17, 15) is 4.79 Å². The summed E-state index contributed by atoms with van der Waals surface area (Å²) in [5.74, 6) is 0.928. The summed E-state index contributed by atoms with van der Waals surface area (Å²) in [4.78, 5) is 17.2. The van der Waals surface area contributed by atoms with Crippen LogP contribution in [0.2, 0.25) is 0 Å². The number of benzene rings is 1. The monoisotopic (exact) mass is 292 g/mol. The lowest BCUT2D eigenvalue weighted by Crippen LogP contribution is -2.27. The molecule has 3 nitrogen and oxygen atoms in total. The molecule has 0 aliphatic rings. The molecular formula is C16H21ClN2O. The molecule has 1 unspecified atom stereocenters. The highest BCUT2D eigenvalue weighted by Crippen LogP contribution is 2.18. The topological polar surface area (TPSA) is 34.9 Å². The fourth-order valence-corrected chi connectivity index (χ4v) is 2.75. The molecular weight excluding hydrogens is 272 g/mol. The average molecular weight is 293 g/mol. The van der Waals surface area contributed by atoms with Crippen molar-refractivity contribution in [3.8, 4) is 0 Å². The standard InChI is InChI=1S/C16H21ClN2O/c1-3-4-5-8-12(2)19-15(11-17)18-14-10-7-6-9-13(14)16(19)20/h6-7,9-10,12H,3-5,8,11H2,1-2H3. The molecule has 0 aliphatic carbocycles. The van der Waals surface area contributed by atoms with Gasteiger partial charge in [-0.3, -0.25) is 9.36 Å². The number of rotatable bonds is 6. The highest BCUT2D eigenvalue weighted by atomic mass is 35.5. The van der Waals surface area contributed by atoms with Gasteiger partial charge in [-0.2, -0.15) is 0 Å². The highest BCUT2D eigenvalue weighted by Gasteiger charge is 2.14. The molecule has 0 fully saturated rings. The first-order valence-electron chi connectivity index (χ1n) is 7.25. The van der Waals surface area contributed by atoms with Crippen molar-refractivity contribution in [2.45, 2.75) is 51.5 Å². The van der Waals surface area contributed by atoms with E-state index in [1.54, 1.807) is 4.57 Å². The number of alkyl halides is 1. The maximum Gasteiger partial charge on any atom is 0.261 e. The summed E-state index contributed by atoms with van der Waals surface area (Å²) in [6, 6.07) is 7.59. The van der Waals surface area contributed by atoms with E-state index in [0.29, 0.717) is 11.2 Å². The molecule has 2 aromatic rings. The van der Waals surface area contributed by atoms with Crippen LogP contribution in [0.15, 0.2) is 29.1 Å². The molecule has 0 N–H and O–H groups in total. The number of para-hydroxylation sites is 1. The normalized spacial score (nSPS) is 12.8. The third-order valence-corrected chi connectivity index (χ3v) is 3.91. The zero-order chi connectivity index (χ0) is 14.5. The van der Waals surface area contributed by atoms with E-state index in [4.69, 9.17) is 11.6 Å². The number of hydrogen-bond donors (Lipinski definition) is 0. The zero-order valence-corrected chi connectivity index (χ0v) is 12.9. The molecule has 0 amide bonds. The first-order valence-corrected chi connectivity index (χ1v) is 7.78. The van der Waals surface area contributed by atoms with Crippen LogP contribution < -0.4 is 5.56 Å². The molecule has 1 heterocycles. The van der Waals surface area contributed by atoms with Crippen molar-refractivity contribution in [1.82, 2.24) is 9.55 Å². The zero-order valence-electron chi connectivity index (χ0n) is 12.1. The lowest BCUT2D eigenvalue weighted by molar-refractivity contribution is 0.452. The summed E-state index contributed by atoms with van der Waals surface area (Å²) < 4.78 is 1.77. The Bertz CT molecular complexity index is 636. The predicted molar refractivity (Wildman–Crippen MR) is 84.4 cm³/mol. The van der Waals surface area contributed by atoms with Crippen LogP contribution in [-0.4, -0.2) is 9.55 Å². The van der Waals surface area contributed by atoms with Gasteiger partial charge in [0.05, 0.1) is 16.8 Å². The van der Waals surface area contributed by atoms with Crippen molar-refractivity contribution < 1.29 is 0 Å². The first kappa shape index (κ1) is 15.0. The highest BCUT2D eigenvalue weighted by molar-refractivity contribution is 6.16. The molecule has 0 aliphatic heterocycles. The van der Waals surface area contributed by atoms with Gasteiger partial charge in [-0.15, -0.1) is 11.6 Å². The van der Waals surface area contributed by atoms with Gasteiger partial charge in [0.15, 0.2) is 0 Å². The molecule has 0 saturated heterocycles. The lowest BCUT2D eigenvalue weighted by atomic mass is 10.1. The number of nitrogens with zero attached hydrogens (tertiary/aromatic N) is 2. The van der Waals surface area contributed by atoms with Gasteiger partial charge in [0.2, 0.25) is 0 Å². The maximum atomic E-state index is 12.6. The predicted octanol–water partition coefficient (Wildman–Crippen LogP) is 4.28. The Hall–Kier alpha value is -1.35. The van der Waals surface area contributed by atoms with Crippen molar-refractivity contribution in [3.63, 3.8) is 0 Å². The van der Waals surface area contributed by atoms with Crippen molar-refractivity contribution in [2.24, 2.45) is 0 Å². The molecule has 1 aromatic carbocycles. The molecule has 4 heteroatoms. The van der Waals surface area contributed by atoms with Crippen LogP contribution in [0, 0.1) is 0 Å². The van der Waals surface area contributed by atoms with E-state index in [0.717, 1.165) is 18.4 Å². The van der Waals surface area contributed by atoms with Gasteiger partial charge in [-0.1, -0.05) is 38.3 Å². The molecule has 20 heavy (non-hydrogen) atoms. The van der Waals surface area contributed by atoms with Gasteiger partial charge in [0.25, 0.3) is 5.56 Å². The lowest BCUT2D eigenvalue weighted by Gasteiger charge is -2.18. The molecule has 0 saturated carbocycles. The van der Waals surface area contributed by atoms with E-state index in [-0.39, 0.29) is 17.5 Å². The van der Waals surface area contributed by atoms with Crippen molar-refractivity contribution >= 4 is 22.5 Å². The van der Waals surface area contributed by atoms with Gasteiger partial charge < -0.3 is 0 Å². The Morgan fingerprint density at radius 2 is 2.05 bits per heavy atom. The Kier molecular flexibility index (Phi) is 5.18. The van der Waals surface area contributed by atoms with E-state index in [1.807, 2.05) is 24.3 Å². The number of unbranched alkanes of at least 4 members (excludes halogenated alkanes) is 2. The summed E-state index contributed by atoms with van der Waals surface area (Å²) in [6.45, 7) is 4.25. The van der Waals surface area contributed by atoms with Gasteiger partial charge in [-0.05, 0) is 25.5 Å². The van der Waals surface area contributed by atoms with E-state index in [2.05, 4.69) is 18.8 Å². The summed E-state index contributed by atoms with van der Waals surface area (Å²) in [7, 11) is 0. The van der Waals surface area contributed by atoms with Crippen LogP contribution in [0.4, 0.5) is 0 Å². The molecule has 0 radical (unpaired) electrons. The summed E-state index contributed by atoms with van der Waals surface area (Å²) >= 11 is 5.99. The van der Waals surface area contributed by atoms with Gasteiger partial charge in [0, 0.05) is 6.04 Å². The van der Waals surface area contributed by atoms with Crippen molar-refractivity contribution in [3.05, 3.63) is 40.4 Å². The van der Waals surface area contributed by atoms with Gasteiger partial charge in [-0.25, -0.2) is 4.98 Å². The molecule has 2 rings (SSSR count). The SMILES string of the molecule is CCCCCC(C)n1c(CCl)nc2ccccc2c1=O.